The molecule has 50 valence electrons. The van der Waals surface area contributed by atoms with E-state index in [4.69, 9.17) is 0 Å². The van der Waals surface area contributed by atoms with Gasteiger partial charge in [0.25, 0.3) is 0 Å². The summed E-state index contributed by atoms with van der Waals surface area (Å²) in [6.07, 6.45) is 4.48. The van der Waals surface area contributed by atoms with E-state index in [0.717, 1.165) is 12.8 Å². The second-order valence-corrected chi connectivity index (χ2v) is 3.56. The molecule has 0 radical (unpaired) electrons. The zero-order valence-corrected chi connectivity index (χ0v) is 6.67. The highest BCUT2D eigenvalue weighted by molar-refractivity contribution is 7.82. The minimum absolute atomic E-state index is 0.322. The van der Waals surface area contributed by atoms with Crippen LogP contribution in [0, 0.1) is 11.8 Å². The van der Waals surface area contributed by atoms with Crippen molar-refractivity contribution in [1.29, 1.82) is 0 Å². The fraction of sp³-hybridized carbons (Fsp3) is 0.750. The van der Waals surface area contributed by atoms with Gasteiger partial charge >= 0.3 is 0 Å². The molecule has 0 bridgehead atoms. The first-order valence-corrected chi connectivity index (χ1v) is 3.90. The molecule has 0 aromatic carbocycles. The van der Waals surface area contributed by atoms with Crippen LogP contribution in [0.15, 0.2) is 0 Å². The van der Waals surface area contributed by atoms with Crippen molar-refractivity contribution in [2.45, 2.75) is 37.4 Å². The third-order valence-electron chi connectivity index (χ3n) is 1.55. The lowest BCUT2D eigenvalue weighted by Crippen LogP contribution is -1.92. The van der Waals surface area contributed by atoms with Gasteiger partial charge in [0.05, 0.1) is 0 Å². The van der Waals surface area contributed by atoms with Crippen LogP contribution >= 0.6 is 12.6 Å². The van der Waals surface area contributed by atoms with Gasteiger partial charge in [0, 0.05) is 17.6 Å². The van der Waals surface area contributed by atoms with Gasteiger partial charge in [-0.1, -0.05) is 6.92 Å². The number of thiol groups is 1. The van der Waals surface area contributed by atoms with Crippen molar-refractivity contribution in [3.8, 4) is 11.8 Å². The van der Waals surface area contributed by atoms with Gasteiger partial charge in [-0.15, -0.1) is 11.8 Å². The monoisotopic (exact) mass is 140 g/mol. The van der Waals surface area contributed by atoms with Gasteiger partial charge in [-0.05, 0) is 12.8 Å². The van der Waals surface area contributed by atoms with Gasteiger partial charge in [0.15, 0.2) is 0 Å². The van der Waals surface area contributed by atoms with Crippen LogP contribution in [0.2, 0.25) is 0 Å². The first kappa shape index (κ1) is 7.02. The van der Waals surface area contributed by atoms with Gasteiger partial charge in [0.2, 0.25) is 0 Å². The zero-order valence-electron chi connectivity index (χ0n) is 5.78. The van der Waals surface area contributed by atoms with Gasteiger partial charge < -0.3 is 0 Å². The van der Waals surface area contributed by atoms with Crippen molar-refractivity contribution >= 4 is 12.6 Å². The molecule has 0 heterocycles. The average Bonchev–Trinajstić information content (AvgIpc) is 2.50. The topological polar surface area (TPSA) is 0 Å². The van der Waals surface area contributed by atoms with Crippen LogP contribution in [0.3, 0.4) is 0 Å². The van der Waals surface area contributed by atoms with Crippen LogP contribution < -0.4 is 0 Å². The second-order valence-electron chi connectivity index (χ2n) is 2.61. The molecule has 0 N–H and O–H groups in total. The normalized spacial score (nSPS) is 20.2. The van der Waals surface area contributed by atoms with E-state index >= 15 is 0 Å². The van der Waals surface area contributed by atoms with Crippen LogP contribution in [0.25, 0.3) is 0 Å². The Bertz CT molecular complexity index is 146. The highest BCUT2D eigenvalue weighted by atomic mass is 32.1. The molecule has 1 aliphatic rings. The number of hydrogen-bond donors (Lipinski definition) is 1. The third-order valence-corrected chi connectivity index (χ3v) is 2.15. The Kier molecular flexibility index (Phi) is 2.08. The molecule has 0 unspecified atom stereocenters. The summed E-state index contributed by atoms with van der Waals surface area (Å²) in [5, 5.41) is 0. The summed E-state index contributed by atoms with van der Waals surface area (Å²) in [7, 11) is 0. The molecular formula is C8H12S. The lowest BCUT2D eigenvalue weighted by Gasteiger charge is -1.96. The predicted molar refractivity (Wildman–Crippen MR) is 43.6 cm³/mol. The van der Waals surface area contributed by atoms with Crippen LogP contribution in [-0.2, 0) is 0 Å². The average molecular weight is 140 g/mol. The lowest BCUT2D eigenvalue weighted by atomic mass is 10.3. The maximum Gasteiger partial charge on any atom is 0.0240 e. The molecule has 1 rings (SSSR count). The Hall–Kier alpha value is -0.0900. The molecule has 0 aromatic heterocycles. The zero-order chi connectivity index (χ0) is 6.74. The molecular weight excluding hydrogens is 128 g/mol. The molecule has 0 amide bonds. The quantitative estimate of drug-likeness (QED) is 0.419. The van der Waals surface area contributed by atoms with E-state index in [0.29, 0.717) is 4.75 Å². The molecule has 9 heavy (non-hydrogen) atoms. The Labute approximate surface area is 62.4 Å². The molecule has 1 heteroatoms. The van der Waals surface area contributed by atoms with Crippen molar-refractivity contribution in [3.05, 3.63) is 0 Å². The molecule has 0 saturated heterocycles. The Morgan fingerprint density at radius 1 is 1.44 bits per heavy atom. The van der Waals surface area contributed by atoms with Gasteiger partial charge in [-0.2, -0.15) is 12.6 Å². The molecule has 0 nitrogen and oxygen atoms in total. The smallest absolute Gasteiger partial charge is 0.0240 e. The fourth-order valence-electron chi connectivity index (χ4n) is 0.673. The number of rotatable bonds is 1. The third kappa shape index (κ3) is 2.32. The Morgan fingerprint density at radius 2 is 2.11 bits per heavy atom. The summed E-state index contributed by atoms with van der Waals surface area (Å²) in [6, 6.07) is 0. The van der Waals surface area contributed by atoms with Crippen LogP contribution in [0.4, 0.5) is 0 Å². The first-order chi connectivity index (χ1) is 4.27. The van der Waals surface area contributed by atoms with Crippen molar-refractivity contribution in [2.75, 3.05) is 0 Å². The minimum atomic E-state index is 0.322. The van der Waals surface area contributed by atoms with E-state index in [1.165, 1.54) is 12.8 Å². The lowest BCUT2D eigenvalue weighted by molar-refractivity contribution is 0.954. The summed E-state index contributed by atoms with van der Waals surface area (Å²) < 4.78 is 0.322. The molecule has 0 aromatic rings. The molecule has 0 aliphatic heterocycles. The molecule has 1 saturated carbocycles. The summed E-state index contributed by atoms with van der Waals surface area (Å²) in [4.78, 5) is 0. The second kappa shape index (κ2) is 2.66. The molecule has 1 fully saturated rings. The highest BCUT2D eigenvalue weighted by Gasteiger charge is 2.37. The van der Waals surface area contributed by atoms with E-state index in [1.807, 2.05) is 0 Å². The van der Waals surface area contributed by atoms with E-state index in [2.05, 4.69) is 31.4 Å². The highest BCUT2D eigenvalue weighted by Crippen LogP contribution is 2.44. The van der Waals surface area contributed by atoms with Crippen LogP contribution in [0.5, 0.6) is 0 Å². The molecule has 0 atom stereocenters. The van der Waals surface area contributed by atoms with E-state index in [9.17, 15) is 0 Å². The minimum Gasteiger partial charge on any atom is -0.172 e. The first-order valence-electron chi connectivity index (χ1n) is 3.45. The molecule has 0 spiro atoms. The van der Waals surface area contributed by atoms with Gasteiger partial charge in [-0.25, -0.2) is 0 Å². The standard InChI is InChI=1S/C8H12S/c1-2-3-4-5-8(9)6-7-8/h9H,2,5-7H2,1H3. The largest absolute Gasteiger partial charge is 0.172 e. The summed E-state index contributed by atoms with van der Waals surface area (Å²) in [5.41, 5.74) is 0. The number of hydrogen-bond acceptors (Lipinski definition) is 1. The van der Waals surface area contributed by atoms with Crippen molar-refractivity contribution in [3.63, 3.8) is 0 Å². The fourth-order valence-corrected chi connectivity index (χ4v) is 0.864. The van der Waals surface area contributed by atoms with Crippen LogP contribution in [0.1, 0.15) is 32.6 Å². The maximum atomic E-state index is 4.44. The SMILES string of the molecule is CCC#CCC1(S)CC1. The van der Waals surface area contributed by atoms with E-state index < -0.39 is 0 Å². The summed E-state index contributed by atoms with van der Waals surface area (Å²) >= 11 is 4.44. The Morgan fingerprint density at radius 3 is 2.56 bits per heavy atom. The van der Waals surface area contributed by atoms with Crippen LogP contribution in [-0.4, -0.2) is 4.75 Å². The molecule has 1 aliphatic carbocycles. The summed E-state index contributed by atoms with van der Waals surface area (Å²) in [6.45, 7) is 2.07. The Balaban J connectivity index is 2.18. The predicted octanol–water partition coefficient (Wildman–Crippen LogP) is 2.25. The van der Waals surface area contributed by atoms with Crippen molar-refractivity contribution in [1.82, 2.24) is 0 Å². The van der Waals surface area contributed by atoms with Crippen molar-refractivity contribution in [2.24, 2.45) is 0 Å². The van der Waals surface area contributed by atoms with E-state index in [-0.39, 0.29) is 0 Å². The van der Waals surface area contributed by atoms with Crippen molar-refractivity contribution < 1.29 is 0 Å². The van der Waals surface area contributed by atoms with Gasteiger partial charge in [-0.3, -0.25) is 0 Å². The maximum absolute atomic E-state index is 4.44. The summed E-state index contributed by atoms with van der Waals surface area (Å²) in [5.74, 6) is 6.16. The van der Waals surface area contributed by atoms with Gasteiger partial charge in [0.1, 0.15) is 0 Å². The van der Waals surface area contributed by atoms with E-state index in [1.54, 1.807) is 0 Å².